The quantitative estimate of drug-likeness (QED) is 0.695. The molecule has 0 spiro atoms. The zero-order valence-electron chi connectivity index (χ0n) is 15.4. The Labute approximate surface area is 176 Å². The van der Waals surface area contributed by atoms with Crippen molar-refractivity contribution in [1.82, 2.24) is 4.90 Å². The molecule has 0 bridgehead atoms. The Bertz CT molecular complexity index is 958. The van der Waals surface area contributed by atoms with Gasteiger partial charge < -0.3 is 5.32 Å². The Morgan fingerprint density at radius 3 is 2.64 bits per heavy atom. The molecule has 1 N–H and O–H groups in total. The first-order chi connectivity index (χ1) is 13.5. The highest BCUT2D eigenvalue weighted by atomic mass is 79.9. The van der Waals surface area contributed by atoms with E-state index in [4.69, 9.17) is 4.99 Å². The molecule has 2 fully saturated rings. The molecular formula is C21H20BrN3O2S. The molecule has 1 saturated carbocycles. The van der Waals surface area contributed by atoms with E-state index in [0.29, 0.717) is 10.9 Å². The fourth-order valence-electron chi connectivity index (χ4n) is 3.09. The van der Waals surface area contributed by atoms with Crippen molar-refractivity contribution in [3.8, 4) is 0 Å². The number of thioether (sulfide) groups is 1. The average Bonchev–Trinajstić information content (AvgIpc) is 3.45. The van der Waals surface area contributed by atoms with Gasteiger partial charge >= 0.3 is 0 Å². The molecule has 1 atom stereocenters. The van der Waals surface area contributed by atoms with Crippen molar-refractivity contribution >= 4 is 56.0 Å². The lowest BCUT2D eigenvalue weighted by atomic mass is 10.2. The molecule has 1 saturated heterocycles. The molecule has 2 amide bonds. The van der Waals surface area contributed by atoms with E-state index in [0.717, 1.165) is 28.6 Å². The van der Waals surface area contributed by atoms with Crippen molar-refractivity contribution < 1.29 is 9.59 Å². The Kier molecular flexibility index (Phi) is 5.55. The summed E-state index contributed by atoms with van der Waals surface area (Å²) >= 11 is 4.82. The first-order valence-electron chi connectivity index (χ1n) is 9.21. The second-order valence-electron chi connectivity index (χ2n) is 6.96. The van der Waals surface area contributed by atoms with Crippen molar-refractivity contribution in [3.05, 3.63) is 58.6 Å². The van der Waals surface area contributed by atoms with Crippen molar-refractivity contribution in [3.63, 3.8) is 0 Å². The third-order valence-corrected chi connectivity index (χ3v) is 6.57. The third kappa shape index (κ3) is 4.15. The number of carbonyl (C=O) groups excluding carboxylic acids is 2. The zero-order valence-corrected chi connectivity index (χ0v) is 17.8. The van der Waals surface area contributed by atoms with Gasteiger partial charge in [-0.1, -0.05) is 42.1 Å². The minimum Gasteiger partial charge on any atom is -0.325 e. The minimum absolute atomic E-state index is 0.0119. The lowest BCUT2D eigenvalue weighted by molar-refractivity contribution is -0.128. The van der Waals surface area contributed by atoms with E-state index in [1.807, 2.05) is 55.5 Å². The van der Waals surface area contributed by atoms with Gasteiger partial charge in [-0.3, -0.25) is 14.5 Å². The van der Waals surface area contributed by atoms with Crippen LogP contribution in [0.25, 0.3) is 0 Å². The van der Waals surface area contributed by atoms with Crippen LogP contribution in [0.15, 0.2) is 58.0 Å². The molecule has 2 aromatic rings. The fourth-order valence-corrected chi connectivity index (χ4v) is 4.68. The molecule has 144 valence electrons. The lowest BCUT2D eigenvalue weighted by Crippen LogP contribution is -2.35. The summed E-state index contributed by atoms with van der Waals surface area (Å²) in [4.78, 5) is 32.0. The number of halogens is 1. The van der Waals surface area contributed by atoms with E-state index in [9.17, 15) is 9.59 Å². The molecule has 1 unspecified atom stereocenters. The molecule has 2 aliphatic rings. The number of amidine groups is 1. The van der Waals surface area contributed by atoms with Crippen molar-refractivity contribution in [2.45, 2.75) is 37.5 Å². The number of hydrogen-bond donors (Lipinski definition) is 1. The summed E-state index contributed by atoms with van der Waals surface area (Å²) in [5.74, 6) is -0.187. The first kappa shape index (κ1) is 19.2. The maximum Gasteiger partial charge on any atom is 0.242 e. The summed E-state index contributed by atoms with van der Waals surface area (Å²) < 4.78 is 0.815. The maximum atomic E-state index is 13.0. The number of aryl methyl sites for hydroxylation is 1. The van der Waals surface area contributed by atoms with E-state index in [1.54, 1.807) is 4.90 Å². The van der Waals surface area contributed by atoms with Crippen LogP contribution >= 0.6 is 27.7 Å². The van der Waals surface area contributed by atoms with E-state index in [1.165, 1.54) is 11.8 Å². The molecule has 2 aromatic carbocycles. The third-order valence-electron chi connectivity index (χ3n) is 4.73. The van der Waals surface area contributed by atoms with Gasteiger partial charge in [0.25, 0.3) is 0 Å². The van der Waals surface area contributed by atoms with Crippen LogP contribution in [0.4, 0.5) is 11.4 Å². The summed E-state index contributed by atoms with van der Waals surface area (Å²) in [6.07, 6.45) is 2.12. The van der Waals surface area contributed by atoms with Gasteiger partial charge in [-0.25, -0.2) is 4.99 Å². The summed E-state index contributed by atoms with van der Waals surface area (Å²) in [5.41, 5.74) is 2.63. The van der Waals surface area contributed by atoms with E-state index < -0.39 is 5.25 Å². The van der Waals surface area contributed by atoms with Gasteiger partial charge in [-0.15, -0.1) is 0 Å². The van der Waals surface area contributed by atoms with Crippen LogP contribution in [0.3, 0.4) is 0 Å². The molecule has 1 aliphatic carbocycles. The monoisotopic (exact) mass is 457 g/mol. The smallest absolute Gasteiger partial charge is 0.242 e. The number of hydrogen-bond acceptors (Lipinski definition) is 4. The van der Waals surface area contributed by atoms with Gasteiger partial charge in [0.1, 0.15) is 5.25 Å². The summed E-state index contributed by atoms with van der Waals surface area (Å²) in [6.45, 7) is 2.00. The Balaban J connectivity index is 1.51. The van der Waals surface area contributed by atoms with Gasteiger partial charge in [0.05, 0.1) is 11.4 Å². The van der Waals surface area contributed by atoms with Gasteiger partial charge in [-0.05, 0) is 59.5 Å². The molecule has 1 aliphatic heterocycles. The number of benzene rings is 2. The number of nitrogens with one attached hydrogen (secondary N) is 1. The number of para-hydroxylation sites is 2. The predicted octanol–water partition coefficient (Wildman–Crippen LogP) is 4.88. The number of anilines is 1. The van der Waals surface area contributed by atoms with E-state index >= 15 is 0 Å². The Morgan fingerprint density at radius 1 is 1.21 bits per heavy atom. The molecular weight excluding hydrogens is 438 g/mol. The standard InChI is InChI=1S/C21H20BrN3O2S/c1-13-6-2-4-8-16(13)24-21-25(14-10-11-14)20(27)18(28-21)12-19(26)23-17-9-5-3-7-15(17)22/h2-9,14,18H,10-12H2,1H3,(H,23,26). The largest absolute Gasteiger partial charge is 0.325 e. The molecule has 4 rings (SSSR count). The lowest BCUT2D eigenvalue weighted by Gasteiger charge is -2.15. The molecule has 7 heteroatoms. The number of nitrogens with zero attached hydrogens (tertiary/aromatic N) is 2. The maximum absolute atomic E-state index is 13.0. The van der Waals surface area contributed by atoms with Gasteiger partial charge in [0.15, 0.2) is 5.17 Å². The molecule has 1 heterocycles. The highest BCUT2D eigenvalue weighted by Crippen LogP contribution is 2.39. The summed E-state index contributed by atoms with van der Waals surface area (Å²) in [5, 5.41) is 3.15. The topological polar surface area (TPSA) is 61.8 Å². The van der Waals surface area contributed by atoms with E-state index in [-0.39, 0.29) is 24.3 Å². The summed E-state index contributed by atoms with van der Waals surface area (Å²) in [7, 11) is 0. The van der Waals surface area contributed by atoms with Crippen LogP contribution in [-0.4, -0.2) is 33.2 Å². The highest BCUT2D eigenvalue weighted by molar-refractivity contribution is 9.10. The highest BCUT2D eigenvalue weighted by Gasteiger charge is 2.46. The second-order valence-corrected chi connectivity index (χ2v) is 8.98. The average molecular weight is 458 g/mol. The van der Waals surface area contributed by atoms with Crippen LogP contribution in [0.1, 0.15) is 24.8 Å². The summed E-state index contributed by atoms with van der Waals surface area (Å²) in [6, 6.07) is 15.5. The minimum atomic E-state index is -0.439. The first-order valence-corrected chi connectivity index (χ1v) is 10.9. The van der Waals surface area contributed by atoms with Crippen molar-refractivity contribution in [1.29, 1.82) is 0 Å². The Hall–Kier alpha value is -2.12. The van der Waals surface area contributed by atoms with Gasteiger partial charge in [-0.2, -0.15) is 0 Å². The van der Waals surface area contributed by atoms with Crippen LogP contribution < -0.4 is 5.32 Å². The predicted molar refractivity (Wildman–Crippen MR) is 117 cm³/mol. The van der Waals surface area contributed by atoms with Crippen molar-refractivity contribution in [2.24, 2.45) is 4.99 Å². The van der Waals surface area contributed by atoms with Crippen LogP contribution in [0, 0.1) is 6.92 Å². The second kappa shape index (κ2) is 8.09. The molecule has 5 nitrogen and oxygen atoms in total. The molecule has 28 heavy (non-hydrogen) atoms. The van der Waals surface area contributed by atoms with Crippen LogP contribution in [0.5, 0.6) is 0 Å². The Morgan fingerprint density at radius 2 is 1.93 bits per heavy atom. The van der Waals surface area contributed by atoms with Gasteiger partial charge in [0.2, 0.25) is 11.8 Å². The van der Waals surface area contributed by atoms with Crippen LogP contribution in [0.2, 0.25) is 0 Å². The van der Waals surface area contributed by atoms with E-state index in [2.05, 4.69) is 21.2 Å². The number of rotatable bonds is 5. The molecule has 0 radical (unpaired) electrons. The van der Waals surface area contributed by atoms with Crippen molar-refractivity contribution in [2.75, 3.05) is 5.32 Å². The number of carbonyl (C=O) groups is 2. The molecule has 0 aromatic heterocycles. The fraction of sp³-hybridized carbons (Fsp3) is 0.286. The van der Waals surface area contributed by atoms with Crippen LogP contribution in [-0.2, 0) is 9.59 Å². The normalized spacial score (nSPS) is 20.6. The zero-order chi connectivity index (χ0) is 19.7. The SMILES string of the molecule is Cc1ccccc1N=C1SC(CC(=O)Nc2ccccc2Br)C(=O)N1C1CC1. The number of aliphatic imine (C=N–C) groups is 1. The van der Waals surface area contributed by atoms with Gasteiger partial charge in [0, 0.05) is 16.9 Å². The number of amides is 2.